The Morgan fingerprint density at radius 2 is 2.18 bits per heavy atom. The molecule has 1 unspecified atom stereocenters. The second-order valence-corrected chi connectivity index (χ2v) is 7.25. The van der Waals surface area contributed by atoms with E-state index in [4.69, 9.17) is 0 Å². The third kappa shape index (κ3) is 3.48. The Kier molecular flexibility index (Phi) is 5.21. The Hall–Kier alpha value is -1.43. The second-order valence-electron chi connectivity index (χ2n) is 6.33. The number of carbonyl (C=O) groups is 2. The van der Waals surface area contributed by atoms with E-state index in [9.17, 15) is 9.59 Å². The van der Waals surface area contributed by atoms with Crippen LogP contribution in [-0.2, 0) is 4.79 Å². The molecule has 0 aromatic carbocycles. The number of pyridine rings is 1. The molecule has 2 heterocycles. The van der Waals surface area contributed by atoms with Crippen LogP contribution in [0.2, 0.25) is 0 Å². The van der Waals surface area contributed by atoms with E-state index in [-0.39, 0.29) is 11.8 Å². The lowest BCUT2D eigenvalue weighted by atomic mass is 9.96. The highest BCUT2D eigenvalue weighted by Crippen LogP contribution is 2.31. The number of amides is 2. The number of nitrogens with one attached hydrogen (secondary N) is 1. The van der Waals surface area contributed by atoms with E-state index >= 15 is 0 Å². The Labute approximate surface area is 139 Å². The van der Waals surface area contributed by atoms with Gasteiger partial charge < -0.3 is 10.2 Å². The summed E-state index contributed by atoms with van der Waals surface area (Å²) in [7, 11) is 0. The lowest BCUT2D eigenvalue weighted by Gasteiger charge is -2.34. The molecule has 1 aromatic heterocycles. The summed E-state index contributed by atoms with van der Waals surface area (Å²) >= 11 is 3.32. The van der Waals surface area contributed by atoms with Crippen molar-refractivity contribution in [3.63, 3.8) is 0 Å². The molecule has 22 heavy (non-hydrogen) atoms. The fraction of sp³-hybridized carbons (Fsp3) is 0.562. The van der Waals surface area contributed by atoms with Crippen molar-refractivity contribution in [1.29, 1.82) is 0 Å². The van der Waals surface area contributed by atoms with Crippen LogP contribution < -0.4 is 5.32 Å². The fourth-order valence-electron chi connectivity index (χ4n) is 2.70. The third-order valence-corrected chi connectivity index (χ3v) is 4.43. The van der Waals surface area contributed by atoms with Crippen molar-refractivity contribution in [2.75, 3.05) is 13.1 Å². The van der Waals surface area contributed by atoms with Crippen molar-refractivity contribution >= 4 is 27.7 Å². The number of nitrogens with zero attached hydrogens (tertiary/aromatic N) is 2. The lowest BCUT2D eigenvalue weighted by molar-refractivity contribution is -0.130. The minimum atomic E-state index is -0.783. The number of aromatic nitrogens is 1. The standard InChI is InChI=1S/C16H22BrN3O2/c1-11(2)8-19-15(22)16(3)5-4-6-20(16)14(21)12-7-13(17)10-18-9-12/h7,9-11H,4-6,8H2,1-3H3,(H,19,22). The van der Waals surface area contributed by atoms with E-state index in [2.05, 4.69) is 26.2 Å². The van der Waals surface area contributed by atoms with Crippen LogP contribution in [0.1, 0.15) is 44.0 Å². The molecule has 1 aromatic rings. The molecule has 1 saturated heterocycles. The number of rotatable bonds is 4. The molecule has 120 valence electrons. The first-order valence-electron chi connectivity index (χ1n) is 7.55. The number of carbonyl (C=O) groups excluding carboxylic acids is 2. The Morgan fingerprint density at radius 3 is 2.82 bits per heavy atom. The van der Waals surface area contributed by atoms with E-state index in [1.807, 2.05) is 20.8 Å². The maximum absolute atomic E-state index is 12.7. The summed E-state index contributed by atoms with van der Waals surface area (Å²) in [4.78, 5) is 31.0. The van der Waals surface area contributed by atoms with E-state index in [0.717, 1.165) is 10.9 Å². The number of hydrogen-bond donors (Lipinski definition) is 1. The van der Waals surface area contributed by atoms with Gasteiger partial charge in [0.05, 0.1) is 5.56 Å². The van der Waals surface area contributed by atoms with Crippen LogP contribution >= 0.6 is 15.9 Å². The van der Waals surface area contributed by atoms with Crippen molar-refractivity contribution in [1.82, 2.24) is 15.2 Å². The SMILES string of the molecule is CC(C)CNC(=O)C1(C)CCCN1C(=O)c1cncc(Br)c1. The molecular formula is C16H22BrN3O2. The van der Waals surface area contributed by atoms with Crippen LogP contribution in [-0.4, -0.2) is 40.3 Å². The molecule has 1 aliphatic heterocycles. The molecule has 5 nitrogen and oxygen atoms in total. The number of likely N-dealkylation sites (tertiary alicyclic amines) is 1. The number of halogens is 1. The van der Waals surface area contributed by atoms with E-state index in [0.29, 0.717) is 31.0 Å². The molecular weight excluding hydrogens is 346 g/mol. The van der Waals surface area contributed by atoms with E-state index < -0.39 is 5.54 Å². The van der Waals surface area contributed by atoms with Gasteiger partial charge in [0.15, 0.2) is 0 Å². The van der Waals surface area contributed by atoms with Crippen LogP contribution in [0, 0.1) is 5.92 Å². The predicted molar refractivity (Wildman–Crippen MR) is 88.5 cm³/mol. The maximum Gasteiger partial charge on any atom is 0.256 e. The van der Waals surface area contributed by atoms with Crippen molar-refractivity contribution < 1.29 is 9.59 Å². The van der Waals surface area contributed by atoms with Crippen molar-refractivity contribution in [3.05, 3.63) is 28.5 Å². The zero-order valence-corrected chi connectivity index (χ0v) is 14.8. The predicted octanol–water partition coefficient (Wildman–Crippen LogP) is 2.61. The van der Waals surface area contributed by atoms with Crippen molar-refractivity contribution in [3.8, 4) is 0 Å². The van der Waals surface area contributed by atoms with Crippen molar-refractivity contribution in [2.45, 2.75) is 39.2 Å². The molecule has 0 saturated carbocycles. The Balaban J connectivity index is 2.18. The van der Waals surface area contributed by atoms with Gasteiger partial charge in [0, 0.05) is 30.0 Å². The Bertz CT molecular complexity index is 576. The fourth-order valence-corrected chi connectivity index (χ4v) is 3.06. The smallest absolute Gasteiger partial charge is 0.256 e. The highest BCUT2D eigenvalue weighted by Gasteiger charge is 2.45. The normalized spacial score (nSPS) is 21.2. The molecule has 0 spiro atoms. The quantitative estimate of drug-likeness (QED) is 0.889. The topological polar surface area (TPSA) is 62.3 Å². The average Bonchev–Trinajstić information content (AvgIpc) is 2.87. The van der Waals surface area contributed by atoms with Gasteiger partial charge in [0.1, 0.15) is 5.54 Å². The molecule has 1 fully saturated rings. The van der Waals surface area contributed by atoms with Gasteiger partial charge >= 0.3 is 0 Å². The first-order valence-corrected chi connectivity index (χ1v) is 8.34. The van der Waals surface area contributed by atoms with Gasteiger partial charge in [-0.1, -0.05) is 13.8 Å². The van der Waals surface area contributed by atoms with Crippen LogP contribution in [0.3, 0.4) is 0 Å². The van der Waals surface area contributed by atoms with E-state index in [1.165, 1.54) is 6.20 Å². The molecule has 0 bridgehead atoms. The summed E-state index contributed by atoms with van der Waals surface area (Å²) in [5.41, 5.74) is -0.284. The lowest BCUT2D eigenvalue weighted by Crippen LogP contribution is -2.55. The summed E-state index contributed by atoms with van der Waals surface area (Å²) in [6.07, 6.45) is 4.69. The van der Waals surface area contributed by atoms with Gasteiger partial charge in [0.2, 0.25) is 5.91 Å². The zero-order valence-electron chi connectivity index (χ0n) is 13.2. The summed E-state index contributed by atoms with van der Waals surface area (Å²) in [6.45, 7) is 7.16. The van der Waals surface area contributed by atoms with Gasteiger partial charge in [-0.15, -0.1) is 0 Å². The summed E-state index contributed by atoms with van der Waals surface area (Å²) in [5.74, 6) is 0.163. The molecule has 1 N–H and O–H groups in total. The Morgan fingerprint density at radius 1 is 1.45 bits per heavy atom. The van der Waals surface area contributed by atoms with Gasteiger partial charge in [-0.05, 0) is 47.7 Å². The number of hydrogen-bond acceptors (Lipinski definition) is 3. The maximum atomic E-state index is 12.7. The minimum Gasteiger partial charge on any atom is -0.354 e. The molecule has 0 radical (unpaired) electrons. The molecule has 1 atom stereocenters. The molecule has 0 aliphatic carbocycles. The second kappa shape index (κ2) is 6.77. The minimum absolute atomic E-state index is 0.0741. The molecule has 2 rings (SSSR count). The van der Waals surface area contributed by atoms with Crippen LogP contribution in [0.5, 0.6) is 0 Å². The highest BCUT2D eigenvalue weighted by atomic mass is 79.9. The van der Waals surface area contributed by atoms with Gasteiger partial charge in [-0.2, -0.15) is 0 Å². The summed E-state index contributed by atoms with van der Waals surface area (Å²) < 4.78 is 0.753. The zero-order chi connectivity index (χ0) is 16.3. The summed E-state index contributed by atoms with van der Waals surface area (Å²) in [6, 6.07) is 1.74. The average molecular weight is 368 g/mol. The van der Waals surface area contributed by atoms with Crippen LogP contribution in [0.15, 0.2) is 22.9 Å². The van der Waals surface area contributed by atoms with Gasteiger partial charge in [-0.25, -0.2) is 0 Å². The largest absolute Gasteiger partial charge is 0.354 e. The van der Waals surface area contributed by atoms with Gasteiger partial charge in [-0.3, -0.25) is 14.6 Å². The van der Waals surface area contributed by atoms with Crippen LogP contribution in [0.4, 0.5) is 0 Å². The first kappa shape index (κ1) is 16.9. The molecule has 2 amide bonds. The molecule has 6 heteroatoms. The summed E-state index contributed by atoms with van der Waals surface area (Å²) in [5, 5.41) is 2.95. The monoisotopic (exact) mass is 367 g/mol. The molecule has 1 aliphatic rings. The van der Waals surface area contributed by atoms with Gasteiger partial charge in [0.25, 0.3) is 5.91 Å². The highest BCUT2D eigenvalue weighted by molar-refractivity contribution is 9.10. The third-order valence-electron chi connectivity index (χ3n) is 4.00. The van der Waals surface area contributed by atoms with E-state index in [1.54, 1.807) is 17.2 Å². The van der Waals surface area contributed by atoms with Crippen LogP contribution in [0.25, 0.3) is 0 Å². The van der Waals surface area contributed by atoms with Crippen molar-refractivity contribution in [2.24, 2.45) is 5.92 Å². The first-order chi connectivity index (χ1) is 10.3.